The second kappa shape index (κ2) is 5.34. The molecule has 2 heterocycles. The van der Waals surface area contributed by atoms with Crippen molar-refractivity contribution in [3.05, 3.63) is 46.4 Å². The van der Waals surface area contributed by atoms with E-state index < -0.39 is 8.07 Å². The Balaban J connectivity index is 2.13. The van der Waals surface area contributed by atoms with E-state index >= 15 is 0 Å². The maximum absolute atomic E-state index is 12.7. The second-order valence-electron chi connectivity index (χ2n) is 7.01. The lowest BCUT2D eigenvalue weighted by atomic mass is 10.2. The number of nitrogens with zero attached hydrogens (tertiary/aromatic N) is 3. The standard InChI is InChI=1S/C16H20N4O2Si/c1-19(10-23(2,3)4)16(22)12-9-17-20-13-8-6-5-7-11(13)15(21)18-14(12)20/h5-9H,10H2,1-4H3,(H,18,21). The van der Waals surface area contributed by atoms with Crippen molar-refractivity contribution >= 4 is 30.5 Å². The van der Waals surface area contributed by atoms with Crippen LogP contribution in [0.1, 0.15) is 10.4 Å². The molecule has 0 atom stereocenters. The van der Waals surface area contributed by atoms with Gasteiger partial charge in [0.2, 0.25) is 0 Å². The first kappa shape index (κ1) is 15.5. The summed E-state index contributed by atoms with van der Waals surface area (Å²) in [6.07, 6.45) is 2.28. The number of para-hydroxylation sites is 1. The maximum Gasteiger partial charge on any atom is 0.259 e. The lowest BCUT2D eigenvalue weighted by molar-refractivity contribution is 0.0817. The van der Waals surface area contributed by atoms with E-state index in [4.69, 9.17) is 0 Å². The molecule has 0 radical (unpaired) electrons. The SMILES string of the molecule is CN(C[Si](C)(C)C)C(=O)c1cnn2c1[nH]c(=O)c1ccccc12. The van der Waals surface area contributed by atoms with Crippen molar-refractivity contribution in [2.45, 2.75) is 19.6 Å². The molecule has 1 amide bonds. The third-order valence-electron chi connectivity index (χ3n) is 3.67. The number of aromatic amines is 1. The predicted molar refractivity (Wildman–Crippen MR) is 93.6 cm³/mol. The van der Waals surface area contributed by atoms with Crippen molar-refractivity contribution in [3.8, 4) is 0 Å². The average Bonchev–Trinajstić information content (AvgIpc) is 2.89. The molecule has 0 fully saturated rings. The fourth-order valence-corrected chi connectivity index (χ4v) is 4.39. The van der Waals surface area contributed by atoms with Gasteiger partial charge in [0, 0.05) is 13.2 Å². The molecule has 0 aliphatic heterocycles. The molecule has 3 aromatic rings. The number of amides is 1. The maximum atomic E-state index is 12.7. The highest BCUT2D eigenvalue weighted by Crippen LogP contribution is 2.16. The number of H-pyrrole nitrogens is 1. The summed E-state index contributed by atoms with van der Waals surface area (Å²) in [7, 11) is 0.383. The molecule has 2 aromatic heterocycles. The molecule has 1 aromatic carbocycles. The van der Waals surface area contributed by atoms with E-state index in [2.05, 4.69) is 29.7 Å². The van der Waals surface area contributed by atoms with Crippen LogP contribution in [0.3, 0.4) is 0 Å². The summed E-state index contributed by atoms with van der Waals surface area (Å²) in [5.74, 6) is -0.117. The zero-order valence-corrected chi connectivity index (χ0v) is 14.8. The monoisotopic (exact) mass is 328 g/mol. The van der Waals surface area contributed by atoms with Crippen LogP contribution in [0.25, 0.3) is 16.6 Å². The largest absolute Gasteiger partial charge is 0.344 e. The molecule has 0 unspecified atom stereocenters. The first-order valence-corrected chi connectivity index (χ1v) is 11.2. The fourth-order valence-electron chi connectivity index (χ4n) is 2.82. The molecule has 0 bridgehead atoms. The molecule has 23 heavy (non-hydrogen) atoms. The Kier molecular flexibility index (Phi) is 3.60. The summed E-state index contributed by atoms with van der Waals surface area (Å²) in [5.41, 5.74) is 1.35. The van der Waals surface area contributed by atoms with Crippen molar-refractivity contribution in [2.75, 3.05) is 13.2 Å². The Morgan fingerprint density at radius 3 is 2.70 bits per heavy atom. The van der Waals surface area contributed by atoms with Gasteiger partial charge in [0.05, 0.1) is 25.2 Å². The first-order chi connectivity index (χ1) is 10.8. The third-order valence-corrected chi connectivity index (χ3v) is 5.09. The topological polar surface area (TPSA) is 70.5 Å². The summed E-state index contributed by atoms with van der Waals surface area (Å²) in [6, 6.07) is 7.22. The molecule has 0 saturated heterocycles. The minimum atomic E-state index is -1.41. The van der Waals surface area contributed by atoms with E-state index in [0.29, 0.717) is 22.1 Å². The number of benzene rings is 1. The van der Waals surface area contributed by atoms with E-state index in [1.807, 2.05) is 12.1 Å². The minimum Gasteiger partial charge on any atom is -0.344 e. The minimum absolute atomic E-state index is 0.117. The van der Waals surface area contributed by atoms with Gasteiger partial charge in [-0.15, -0.1) is 0 Å². The number of hydrogen-bond acceptors (Lipinski definition) is 3. The molecule has 6 nitrogen and oxygen atoms in total. The normalized spacial score (nSPS) is 12.0. The molecule has 7 heteroatoms. The van der Waals surface area contributed by atoms with Gasteiger partial charge >= 0.3 is 0 Å². The smallest absolute Gasteiger partial charge is 0.259 e. The van der Waals surface area contributed by atoms with E-state index in [1.54, 1.807) is 28.6 Å². The molecule has 3 rings (SSSR count). The van der Waals surface area contributed by atoms with Crippen LogP contribution >= 0.6 is 0 Å². The van der Waals surface area contributed by atoms with Gasteiger partial charge in [-0.05, 0) is 12.1 Å². The van der Waals surface area contributed by atoms with Crippen LogP contribution in [0, 0.1) is 0 Å². The highest BCUT2D eigenvalue weighted by molar-refractivity contribution is 6.76. The van der Waals surface area contributed by atoms with Gasteiger partial charge in [0.15, 0.2) is 0 Å². The summed E-state index contributed by atoms with van der Waals surface area (Å²) in [5, 5.41) is 4.85. The Hall–Kier alpha value is -2.41. The summed E-state index contributed by atoms with van der Waals surface area (Å²) in [6.45, 7) is 6.63. The number of aromatic nitrogens is 3. The molecular weight excluding hydrogens is 308 g/mol. The van der Waals surface area contributed by atoms with Gasteiger partial charge in [-0.1, -0.05) is 31.8 Å². The molecule has 0 saturated carbocycles. The van der Waals surface area contributed by atoms with Crippen LogP contribution in [-0.4, -0.2) is 46.7 Å². The van der Waals surface area contributed by atoms with Gasteiger partial charge in [-0.25, -0.2) is 4.52 Å². The molecule has 0 spiro atoms. The Morgan fingerprint density at radius 2 is 2.00 bits per heavy atom. The Labute approximate surface area is 134 Å². The summed E-state index contributed by atoms with van der Waals surface area (Å²) in [4.78, 5) is 29.5. The summed E-state index contributed by atoms with van der Waals surface area (Å²) < 4.78 is 1.62. The van der Waals surface area contributed by atoms with E-state index in [-0.39, 0.29) is 11.5 Å². The van der Waals surface area contributed by atoms with Crippen molar-refractivity contribution in [1.82, 2.24) is 19.5 Å². The number of hydrogen-bond donors (Lipinski definition) is 1. The van der Waals surface area contributed by atoms with Crippen LogP contribution in [0.15, 0.2) is 35.3 Å². The van der Waals surface area contributed by atoms with Crippen LogP contribution in [0.5, 0.6) is 0 Å². The average molecular weight is 328 g/mol. The predicted octanol–water partition coefficient (Wildman–Crippen LogP) is 2.13. The van der Waals surface area contributed by atoms with Crippen molar-refractivity contribution in [1.29, 1.82) is 0 Å². The summed E-state index contributed by atoms with van der Waals surface area (Å²) >= 11 is 0. The van der Waals surface area contributed by atoms with Gasteiger partial charge in [-0.3, -0.25) is 9.59 Å². The zero-order chi connectivity index (χ0) is 16.8. The second-order valence-corrected chi connectivity index (χ2v) is 12.4. The molecule has 120 valence electrons. The molecule has 1 N–H and O–H groups in total. The molecule has 0 aliphatic carbocycles. The number of rotatable bonds is 3. The third kappa shape index (κ3) is 2.79. The van der Waals surface area contributed by atoms with Crippen molar-refractivity contribution < 1.29 is 4.79 Å². The highest BCUT2D eigenvalue weighted by Gasteiger charge is 2.23. The fraction of sp³-hybridized carbons (Fsp3) is 0.312. The lowest BCUT2D eigenvalue weighted by Crippen LogP contribution is -2.41. The van der Waals surface area contributed by atoms with Crippen LogP contribution < -0.4 is 5.56 Å². The number of carbonyl (C=O) groups excluding carboxylic acids is 1. The number of nitrogens with one attached hydrogen (secondary N) is 1. The quantitative estimate of drug-likeness (QED) is 0.749. The van der Waals surface area contributed by atoms with Gasteiger partial charge in [0.25, 0.3) is 11.5 Å². The van der Waals surface area contributed by atoms with Crippen LogP contribution in [0.2, 0.25) is 19.6 Å². The number of carbonyl (C=O) groups is 1. The molecular formula is C16H20N4O2Si. The number of fused-ring (bicyclic) bond motifs is 3. The van der Waals surface area contributed by atoms with Crippen molar-refractivity contribution in [3.63, 3.8) is 0 Å². The van der Waals surface area contributed by atoms with E-state index in [1.165, 1.54) is 6.20 Å². The van der Waals surface area contributed by atoms with Crippen molar-refractivity contribution in [2.24, 2.45) is 0 Å². The Morgan fingerprint density at radius 1 is 1.30 bits per heavy atom. The molecule has 0 aliphatic rings. The van der Waals surface area contributed by atoms with Gasteiger partial charge in [0.1, 0.15) is 11.2 Å². The van der Waals surface area contributed by atoms with Gasteiger partial charge in [-0.2, -0.15) is 5.10 Å². The zero-order valence-electron chi connectivity index (χ0n) is 13.8. The lowest BCUT2D eigenvalue weighted by Gasteiger charge is -2.24. The highest BCUT2D eigenvalue weighted by atomic mass is 28.3. The van der Waals surface area contributed by atoms with E-state index in [9.17, 15) is 9.59 Å². The van der Waals surface area contributed by atoms with Crippen LogP contribution in [0.4, 0.5) is 0 Å². The Bertz CT molecular complexity index is 952. The van der Waals surface area contributed by atoms with Crippen LogP contribution in [-0.2, 0) is 0 Å². The van der Waals surface area contributed by atoms with E-state index in [0.717, 1.165) is 6.17 Å². The van der Waals surface area contributed by atoms with Gasteiger partial charge < -0.3 is 9.88 Å². The first-order valence-electron chi connectivity index (χ1n) is 7.52.